The van der Waals surface area contributed by atoms with Gasteiger partial charge in [0, 0.05) is 12.8 Å². The fourth-order valence-corrected chi connectivity index (χ4v) is 11.8. The lowest BCUT2D eigenvalue weighted by atomic mass is 10.0. The molecule has 494 valence electrons. The van der Waals surface area contributed by atoms with Crippen LogP contribution in [0.1, 0.15) is 412 Å². The molecule has 1 amide bonds. The number of esters is 1. The van der Waals surface area contributed by atoms with Crippen LogP contribution in [0.15, 0.2) is 48.6 Å². The molecule has 0 aromatic carbocycles. The van der Waals surface area contributed by atoms with Crippen molar-refractivity contribution in [2.45, 2.75) is 424 Å². The van der Waals surface area contributed by atoms with E-state index in [1.165, 1.54) is 334 Å². The molecule has 0 heterocycles. The lowest BCUT2D eigenvalue weighted by Gasteiger charge is -2.20. The van der Waals surface area contributed by atoms with Crippen LogP contribution < -0.4 is 5.32 Å². The SMILES string of the molecule is CCCCCCCC/C=C\CCCCCCCCCC(=O)OCCCCCCCCCCC/C=C\C/C=C\CCCCCCCCCCCCCC(=O)NC(CO)C(O)/C=C/CCCCCCCCCCCCCCCCCCCCCCC. The standard InChI is InChI=1S/C78H147NO5/c1-3-5-7-9-11-13-15-17-19-21-22-23-29-32-35-39-42-46-50-54-58-62-66-70-76(81)75(74-80)79-77(82)71-67-63-59-55-51-47-43-40-36-33-30-27-25-24-26-28-31-34-37-41-45-49-53-57-61-65-69-73-84-78(83)72-68-64-60-56-52-48-44-38-20-18-16-14-12-10-8-6-4-2/h18,20,24-25,28,31,66,70,75-76,80-81H,3-17,19,21-23,26-27,29-30,32-65,67-69,71-74H2,1-2H3,(H,79,82)/b20-18-,25-24-,31-28-,70-66+. The zero-order chi connectivity index (χ0) is 60.6. The number of hydrogen-bond acceptors (Lipinski definition) is 5. The molecule has 6 heteroatoms. The highest BCUT2D eigenvalue weighted by Crippen LogP contribution is 2.19. The summed E-state index contributed by atoms with van der Waals surface area (Å²) in [4.78, 5) is 24.6. The third-order valence-electron chi connectivity index (χ3n) is 17.6. The lowest BCUT2D eigenvalue weighted by Crippen LogP contribution is -2.45. The lowest BCUT2D eigenvalue weighted by molar-refractivity contribution is -0.143. The number of allylic oxidation sites excluding steroid dienone is 7. The minimum atomic E-state index is -0.849. The zero-order valence-electron chi connectivity index (χ0n) is 56.6. The molecule has 0 saturated heterocycles. The largest absolute Gasteiger partial charge is 0.466 e. The molecule has 0 saturated carbocycles. The van der Waals surface area contributed by atoms with Gasteiger partial charge in [0.15, 0.2) is 0 Å². The Balaban J connectivity index is 3.44. The molecule has 6 nitrogen and oxygen atoms in total. The van der Waals surface area contributed by atoms with Gasteiger partial charge < -0.3 is 20.3 Å². The van der Waals surface area contributed by atoms with Gasteiger partial charge in [0.2, 0.25) is 5.91 Å². The second-order valence-corrected chi connectivity index (χ2v) is 26.0. The summed E-state index contributed by atoms with van der Waals surface area (Å²) < 4.78 is 5.50. The van der Waals surface area contributed by atoms with E-state index >= 15 is 0 Å². The molecule has 0 fully saturated rings. The fourth-order valence-electron chi connectivity index (χ4n) is 11.8. The van der Waals surface area contributed by atoms with E-state index in [2.05, 4.69) is 55.6 Å². The molecule has 0 rings (SSSR count). The van der Waals surface area contributed by atoms with Crippen molar-refractivity contribution in [3.05, 3.63) is 48.6 Å². The average Bonchev–Trinajstić information content (AvgIpc) is 3.52. The van der Waals surface area contributed by atoms with Crippen molar-refractivity contribution in [2.24, 2.45) is 0 Å². The minimum absolute atomic E-state index is 0.00739. The van der Waals surface area contributed by atoms with Gasteiger partial charge in [-0.25, -0.2) is 0 Å². The van der Waals surface area contributed by atoms with Crippen molar-refractivity contribution < 1.29 is 24.5 Å². The minimum Gasteiger partial charge on any atom is -0.466 e. The van der Waals surface area contributed by atoms with Crippen LogP contribution in [0.2, 0.25) is 0 Å². The molecule has 2 unspecified atom stereocenters. The van der Waals surface area contributed by atoms with E-state index in [9.17, 15) is 19.8 Å². The molecule has 0 spiro atoms. The van der Waals surface area contributed by atoms with Crippen molar-refractivity contribution in [3.8, 4) is 0 Å². The van der Waals surface area contributed by atoms with Crippen LogP contribution in [0.3, 0.4) is 0 Å². The fraction of sp³-hybridized carbons (Fsp3) is 0.872. The monoisotopic (exact) mass is 1180 g/mol. The van der Waals surface area contributed by atoms with Crippen LogP contribution in [0, 0.1) is 0 Å². The summed E-state index contributed by atoms with van der Waals surface area (Å²) in [5.74, 6) is -0.0600. The number of unbranched alkanes of at least 4 members (excludes halogenated alkanes) is 54. The Morgan fingerprint density at radius 3 is 0.917 bits per heavy atom. The van der Waals surface area contributed by atoms with Crippen LogP contribution in [0.25, 0.3) is 0 Å². The van der Waals surface area contributed by atoms with Crippen molar-refractivity contribution in [2.75, 3.05) is 13.2 Å². The summed E-state index contributed by atoms with van der Waals surface area (Å²) in [6.45, 7) is 4.93. The van der Waals surface area contributed by atoms with Gasteiger partial charge in [-0.05, 0) is 89.9 Å². The van der Waals surface area contributed by atoms with Crippen molar-refractivity contribution in [3.63, 3.8) is 0 Å². The van der Waals surface area contributed by atoms with Gasteiger partial charge in [-0.2, -0.15) is 0 Å². The van der Waals surface area contributed by atoms with E-state index < -0.39 is 12.1 Å². The van der Waals surface area contributed by atoms with E-state index in [0.29, 0.717) is 19.4 Å². The molecule has 0 bridgehead atoms. The average molecular weight is 1180 g/mol. The van der Waals surface area contributed by atoms with Crippen molar-refractivity contribution in [1.29, 1.82) is 0 Å². The summed E-state index contributed by atoms with van der Waals surface area (Å²) in [7, 11) is 0. The Kier molecular flexibility index (Phi) is 71.4. The van der Waals surface area contributed by atoms with Crippen LogP contribution in [-0.2, 0) is 14.3 Å². The second kappa shape index (κ2) is 73.3. The van der Waals surface area contributed by atoms with E-state index in [0.717, 1.165) is 51.4 Å². The highest BCUT2D eigenvalue weighted by Gasteiger charge is 2.18. The summed E-state index contributed by atoms with van der Waals surface area (Å²) in [6.07, 6.45) is 96.3. The Hall–Kier alpha value is -2.18. The number of aliphatic hydroxyl groups is 2. The van der Waals surface area contributed by atoms with Crippen LogP contribution in [-0.4, -0.2) is 47.4 Å². The first-order chi connectivity index (χ1) is 41.5. The first-order valence-electron chi connectivity index (χ1n) is 37.9. The molecular formula is C78H147NO5. The van der Waals surface area contributed by atoms with Crippen LogP contribution in [0.5, 0.6) is 0 Å². The first kappa shape index (κ1) is 81.8. The number of carbonyl (C=O) groups is 2. The van der Waals surface area contributed by atoms with Crippen molar-refractivity contribution in [1.82, 2.24) is 5.32 Å². The van der Waals surface area contributed by atoms with Crippen LogP contribution in [0.4, 0.5) is 0 Å². The molecule has 0 radical (unpaired) electrons. The maximum Gasteiger partial charge on any atom is 0.305 e. The second-order valence-electron chi connectivity index (χ2n) is 26.0. The maximum absolute atomic E-state index is 12.5. The van der Waals surface area contributed by atoms with Crippen LogP contribution >= 0.6 is 0 Å². The molecule has 0 aromatic rings. The third kappa shape index (κ3) is 68.9. The Morgan fingerprint density at radius 2 is 0.595 bits per heavy atom. The van der Waals surface area contributed by atoms with Gasteiger partial charge in [-0.1, -0.05) is 358 Å². The van der Waals surface area contributed by atoms with Gasteiger partial charge in [0.25, 0.3) is 0 Å². The van der Waals surface area contributed by atoms with Gasteiger partial charge in [-0.15, -0.1) is 0 Å². The van der Waals surface area contributed by atoms with E-state index in [-0.39, 0.29) is 18.5 Å². The predicted octanol–water partition coefficient (Wildman–Crippen LogP) is 24.8. The quantitative estimate of drug-likeness (QED) is 0.0320. The predicted molar refractivity (Wildman–Crippen MR) is 370 cm³/mol. The highest BCUT2D eigenvalue weighted by atomic mass is 16.5. The summed E-state index contributed by atoms with van der Waals surface area (Å²) in [5.41, 5.74) is 0. The first-order valence-corrected chi connectivity index (χ1v) is 37.9. The van der Waals surface area contributed by atoms with Gasteiger partial charge >= 0.3 is 5.97 Å². The molecule has 2 atom stereocenters. The van der Waals surface area contributed by atoms with Crippen molar-refractivity contribution >= 4 is 11.9 Å². The number of nitrogens with one attached hydrogen (secondary N) is 1. The van der Waals surface area contributed by atoms with E-state index in [1.807, 2.05) is 6.08 Å². The van der Waals surface area contributed by atoms with E-state index in [4.69, 9.17) is 4.74 Å². The Morgan fingerprint density at radius 1 is 0.333 bits per heavy atom. The van der Waals surface area contributed by atoms with Gasteiger partial charge in [0.05, 0.1) is 25.4 Å². The summed E-state index contributed by atoms with van der Waals surface area (Å²) in [5, 5.41) is 23.3. The highest BCUT2D eigenvalue weighted by molar-refractivity contribution is 5.76. The number of rotatable bonds is 71. The van der Waals surface area contributed by atoms with Gasteiger partial charge in [0.1, 0.15) is 0 Å². The molecule has 0 aliphatic carbocycles. The van der Waals surface area contributed by atoms with E-state index in [1.54, 1.807) is 6.08 Å². The normalized spacial score (nSPS) is 12.8. The Labute approximate surface area is 525 Å². The summed E-state index contributed by atoms with van der Waals surface area (Å²) >= 11 is 0. The topological polar surface area (TPSA) is 95.9 Å². The number of ether oxygens (including phenoxy) is 1. The number of aliphatic hydroxyl groups excluding tert-OH is 2. The molecular weight excluding hydrogens is 1030 g/mol. The number of amides is 1. The maximum atomic E-state index is 12.5. The molecule has 84 heavy (non-hydrogen) atoms. The molecule has 0 aliphatic heterocycles. The summed E-state index contributed by atoms with van der Waals surface area (Å²) in [6, 6.07) is -0.633. The smallest absolute Gasteiger partial charge is 0.305 e. The molecule has 0 aromatic heterocycles. The van der Waals surface area contributed by atoms with Gasteiger partial charge in [-0.3, -0.25) is 9.59 Å². The number of carbonyl (C=O) groups excluding carboxylic acids is 2. The molecule has 3 N–H and O–H groups in total. The Bertz CT molecular complexity index is 1400. The number of hydrogen-bond donors (Lipinski definition) is 3. The third-order valence-corrected chi connectivity index (χ3v) is 17.6. The zero-order valence-corrected chi connectivity index (χ0v) is 56.6. The molecule has 0 aliphatic rings.